The normalized spacial score (nSPS) is 21.6. The first kappa shape index (κ1) is 20.5. The maximum absolute atomic E-state index is 13.7. The molecule has 0 aromatic heterocycles. The second kappa shape index (κ2) is 7.60. The Morgan fingerprint density at radius 3 is 2.47 bits per heavy atom. The number of carbonyl (C=O) groups is 1. The van der Waals surface area contributed by atoms with E-state index in [2.05, 4.69) is 0 Å². The van der Waals surface area contributed by atoms with Gasteiger partial charge in [0, 0.05) is 23.2 Å². The van der Waals surface area contributed by atoms with Crippen LogP contribution in [-0.4, -0.2) is 28.8 Å². The van der Waals surface area contributed by atoms with Crippen molar-refractivity contribution in [2.45, 2.75) is 25.1 Å². The van der Waals surface area contributed by atoms with Gasteiger partial charge >= 0.3 is 0 Å². The molecular formula is C25H21FN2O3S. The number of nitrogens with zero attached hydrogens (tertiary/aromatic N) is 2. The van der Waals surface area contributed by atoms with E-state index in [0.29, 0.717) is 34.3 Å². The van der Waals surface area contributed by atoms with Crippen molar-refractivity contribution in [3.05, 3.63) is 89.7 Å². The van der Waals surface area contributed by atoms with Crippen LogP contribution in [0.25, 0.3) is 0 Å². The number of rotatable bonds is 3. The van der Waals surface area contributed by atoms with Crippen LogP contribution < -0.4 is 14.4 Å². The van der Waals surface area contributed by atoms with Gasteiger partial charge in [-0.2, -0.15) is 0 Å². The van der Waals surface area contributed by atoms with Gasteiger partial charge in [0.1, 0.15) is 17.3 Å². The van der Waals surface area contributed by atoms with Gasteiger partial charge in [0.25, 0.3) is 5.91 Å². The average Bonchev–Trinajstić information content (AvgIpc) is 2.80. The van der Waals surface area contributed by atoms with E-state index in [1.807, 2.05) is 31.2 Å². The second-order valence-corrected chi connectivity index (χ2v) is 8.40. The van der Waals surface area contributed by atoms with E-state index in [0.717, 1.165) is 5.56 Å². The fourth-order valence-electron chi connectivity index (χ4n) is 4.48. The number of methoxy groups -OCH3 is 1. The third kappa shape index (κ3) is 3.20. The van der Waals surface area contributed by atoms with E-state index in [1.54, 1.807) is 53.3 Å². The van der Waals surface area contributed by atoms with Gasteiger partial charge in [0.15, 0.2) is 10.8 Å². The molecule has 5 rings (SSSR count). The number of benzene rings is 3. The van der Waals surface area contributed by atoms with Crippen LogP contribution in [0, 0.1) is 5.82 Å². The third-order valence-electron chi connectivity index (χ3n) is 6.00. The smallest absolute Gasteiger partial charge is 0.260 e. The molecule has 3 aromatic rings. The number of fused-ring (bicyclic) bond motifs is 4. The molecule has 0 radical (unpaired) electrons. The molecule has 162 valence electrons. The Bertz CT molecular complexity index is 1200. The summed E-state index contributed by atoms with van der Waals surface area (Å²) in [5, 5.41) is 0.311. The Morgan fingerprint density at radius 1 is 1.09 bits per heavy atom. The molecule has 32 heavy (non-hydrogen) atoms. The number of hydrogen-bond donors (Lipinski definition) is 0. The van der Waals surface area contributed by atoms with Gasteiger partial charge in [0.05, 0.1) is 13.2 Å². The highest BCUT2D eigenvalue weighted by Gasteiger charge is 2.53. The van der Waals surface area contributed by atoms with Crippen molar-refractivity contribution >= 4 is 28.9 Å². The second-order valence-electron chi connectivity index (χ2n) is 8.03. The van der Waals surface area contributed by atoms with Crippen molar-refractivity contribution in [1.29, 1.82) is 0 Å². The Hall–Kier alpha value is -3.45. The summed E-state index contributed by atoms with van der Waals surface area (Å²) in [5.41, 5.74) is 1.24. The van der Waals surface area contributed by atoms with E-state index >= 15 is 0 Å². The predicted molar refractivity (Wildman–Crippen MR) is 123 cm³/mol. The van der Waals surface area contributed by atoms with E-state index in [9.17, 15) is 9.18 Å². The Balaban J connectivity index is 1.64. The van der Waals surface area contributed by atoms with Gasteiger partial charge in [-0.25, -0.2) is 4.39 Å². The number of amides is 1. The zero-order valence-electron chi connectivity index (χ0n) is 17.6. The number of ether oxygens (including phenoxy) is 2. The first-order valence-corrected chi connectivity index (χ1v) is 10.7. The van der Waals surface area contributed by atoms with Crippen molar-refractivity contribution < 1.29 is 18.7 Å². The fourth-order valence-corrected chi connectivity index (χ4v) is 4.99. The summed E-state index contributed by atoms with van der Waals surface area (Å²) in [4.78, 5) is 17.2. The van der Waals surface area contributed by atoms with Crippen molar-refractivity contribution in [3.63, 3.8) is 0 Å². The number of anilines is 1. The molecule has 0 aliphatic carbocycles. The van der Waals surface area contributed by atoms with Gasteiger partial charge in [0.2, 0.25) is 0 Å². The predicted octanol–water partition coefficient (Wildman–Crippen LogP) is 5.32. The van der Waals surface area contributed by atoms with E-state index in [-0.39, 0.29) is 17.8 Å². The van der Waals surface area contributed by atoms with Gasteiger partial charge in [-0.1, -0.05) is 18.2 Å². The first-order chi connectivity index (χ1) is 15.4. The number of hydrogen-bond acceptors (Lipinski definition) is 4. The lowest BCUT2D eigenvalue weighted by molar-refractivity contribution is 0.0184. The molecule has 2 aliphatic heterocycles. The highest BCUT2D eigenvalue weighted by atomic mass is 32.1. The number of para-hydroxylation sites is 1. The minimum Gasteiger partial charge on any atom is -0.497 e. The summed E-state index contributed by atoms with van der Waals surface area (Å²) in [5.74, 6) is 0.808. The van der Waals surface area contributed by atoms with Gasteiger partial charge in [-0.3, -0.25) is 14.6 Å². The van der Waals surface area contributed by atoms with Crippen molar-refractivity contribution in [2.24, 2.45) is 0 Å². The topological polar surface area (TPSA) is 42.0 Å². The van der Waals surface area contributed by atoms with Gasteiger partial charge in [-0.05, 0) is 73.7 Å². The zero-order chi connectivity index (χ0) is 22.5. The Labute approximate surface area is 191 Å². The number of thiocarbonyl (C=S) groups is 1. The molecule has 7 heteroatoms. The van der Waals surface area contributed by atoms with Gasteiger partial charge < -0.3 is 9.47 Å². The molecule has 2 atom stereocenters. The molecule has 3 aromatic carbocycles. The maximum Gasteiger partial charge on any atom is 0.260 e. The monoisotopic (exact) mass is 448 g/mol. The Morgan fingerprint density at radius 2 is 1.78 bits per heavy atom. The highest BCUT2D eigenvalue weighted by Crippen LogP contribution is 2.49. The van der Waals surface area contributed by atoms with Crippen molar-refractivity contribution in [3.8, 4) is 11.5 Å². The lowest BCUT2D eigenvalue weighted by Gasteiger charge is -2.55. The molecule has 1 saturated heterocycles. The van der Waals surface area contributed by atoms with E-state index in [4.69, 9.17) is 21.7 Å². The SMILES string of the molecule is COc1ccc(C(=O)N2C(=S)N(c3ccc(F)cc3)[C@@]3(C)C[C@@H]2c2ccccc2O3)cc1. The Kier molecular flexibility index (Phi) is 4.86. The van der Waals surface area contributed by atoms with Crippen LogP contribution in [0.4, 0.5) is 10.1 Å². The summed E-state index contributed by atoms with van der Waals surface area (Å²) in [6.07, 6.45) is 0.503. The van der Waals surface area contributed by atoms with Crippen LogP contribution >= 0.6 is 12.2 Å². The van der Waals surface area contributed by atoms with E-state index in [1.165, 1.54) is 12.1 Å². The largest absolute Gasteiger partial charge is 0.497 e. The van der Waals surface area contributed by atoms with Crippen LogP contribution in [0.15, 0.2) is 72.8 Å². The minimum absolute atomic E-state index is 0.214. The molecular weight excluding hydrogens is 427 g/mol. The molecule has 2 bridgehead atoms. The summed E-state index contributed by atoms with van der Waals surface area (Å²) in [6.45, 7) is 1.95. The lowest BCUT2D eigenvalue weighted by Crippen LogP contribution is -2.67. The van der Waals surface area contributed by atoms with Crippen LogP contribution in [0.3, 0.4) is 0 Å². The quantitative estimate of drug-likeness (QED) is 0.507. The van der Waals surface area contributed by atoms with E-state index < -0.39 is 5.72 Å². The van der Waals surface area contributed by atoms with Crippen molar-refractivity contribution in [1.82, 2.24) is 4.90 Å². The minimum atomic E-state index is -0.829. The maximum atomic E-state index is 13.7. The molecule has 2 aliphatic rings. The molecule has 0 saturated carbocycles. The van der Waals surface area contributed by atoms with Crippen LogP contribution in [-0.2, 0) is 0 Å². The first-order valence-electron chi connectivity index (χ1n) is 10.3. The van der Waals surface area contributed by atoms with Gasteiger partial charge in [-0.15, -0.1) is 0 Å². The van der Waals surface area contributed by atoms with Crippen LogP contribution in [0.2, 0.25) is 0 Å². The summed E-state index contributed by atoms with van der Waals surface area (Å²) in [6, 6.07) is 20.4. The standard InChI is InChI=1S/C25H21FN2O3S/c1-25-15-21(20-5-3-4-6-22(20)31-25)27(23(29)16-7-13-19(30-2)14-8-16)24(32)28(25)18-11-9-17(26)10-12-18/h3-14,21H,15H2,1-2H3/t21-,25-/m1/s1. The fraction of sp³-hybridized carbons (Fsp3) is 0.200. The number of carbonyl (C=O) groups excluding carboxylic acids is 1. The highest BCUT2D eigenvalue weighted by molar-refractivity contribution is 7.80. The molecule has 0 unspecified atom stereocenters. The summed E-state index contributed by atoms with van der Waals surface area (Å²) >= 11 is 5.88. The average molecular weight is 449 g/mol. The molecule has 1 amide bonds. The van der Waals surface area contributed by atoms with Crippen LogP contribution in [0.1, 0.15) is 35.3 Å². The lowest BCUT2D eigenvalue weighted by atomic mass is 9.88. The third-order valence-corrected chi connectivity index (χ3v) is 6.38. The summed E-state index contributed by atoms with van der Waals surface area (Å²) < 4.78 is 25.3. The molecule has 1 fully saturated rings. The van der Waals surface area contributed by atoms with Crippen molar-refractivity contribution in [2.75, 3.05) is 12.0 Å². The van der Waals surface area contributed by atoms with Crippen LogP contribution in [0.5, 0.6) is 11.5 Å². The molecule has 5 nitrogen and oxygen atoms in total. The summed E-state index contributed by atoms with van der Waals surface area (Å²) in [7, 11) is 1.58. The molecule has 0 N–H and O–H groups in total. The number of halogens is 1. The molecule has 0 spiro atoms. The zero-order valence-corrected chi connectivity index (χ0v) is 18.4. The molecule has 2 heterocycles.